The highest BCUT2D eigenvalue weighted by Gasteiger charge is 2.12. The first-order chi connectivity index (χ1) is 8.20. The molecular formula is C11H11BrN4O. The van der Waals surface area contributed by atoms with E-state index in [2.05, 4.69) is 31.0 Å². The van der Waals surface area contributed by atoms with Crippen LogP contribution in [0.5, 0.6) is 0 Å². The lowest BCUT2D eigenvalue weighted by molar-refractivity contribution is 0.0984. The lowest BCUT2D eigenvalue weighted by Gasteiger charge is -2.02. The summed E-state index contributed by atoms with van der Waals surface area (Å²) in [4.78, 5) is 20.1. The smallest absolute Gasteiger partial charge is 0.188 e. The van der Waals surface area contributed by atoms with Crippen molar-refractivity contribution < 1.29 is 4.79 Å². The number of Topliss-reactive ketones (excluding diaryl/α,β-unsaturated/α-hetero) is 1. The molecule has 6 heteroatoms. The van der Waals surface area contributed by atoms with Gasteiger partial charge in [0.2, 0.25) is 0 Å². The van der Waals surface area contributed by atoms with Crippen LogP contribution in [0.25, 0.3) is 0 Å². The third kappa shape index (κ3) is 2.76. The minimum Gasteiger partial charge on any atom is -0.292 e. The molecule has 0 saturated heterocycles. The predicted octanol–water partition coefficient (Wildman–Crippen LogP) is 1.88. The van der Waals surface area contributed by atoms with E-state index in [1.54, 1.807) is 23.0 Å². The zero-order valence-corrected chi connectivity index (χ0v) is 10.9. The topological polar surface area (TPSA) is 60.7 Å². The number of halogens is 1. The van der Waals surface area contributed by atoms with Gasteiger partial charge in [-0.25, -0.2) is 9.67 Å². The Bertz CT molecular complexity index is 521. The molecule has 0 aromatic carbocycles. The van der Waals surface area contributed by atoms with Gasteiger partial charge < -0.3 is 0 Å². The summed E-state index contributed by atoms with van der Waals surface area (Å²) >= 11 is 3.28. The Hall–Kier alpha value is -1.56. The van der Waals surface area contributed by atoms with E-state index >= 15 is 0 Å². The minimum atomic E-state index is -0.0554. The van der Waals surface area contributed by atoms with Gasteiger partial charge in [0.1, 0.15) is 17.8 Å². The molecule has 0 fully saturated rings. The number of nitrogens with zero attached hydrogens (tertiary/aromatic N) is 4. The van der Waals surface area contributed by atoms with Crippen LogP contribution < -0.4 is 0 Å². The van der Waals surface area contributed by atoms with E-state index in [0.717, 1.165) is 4.47 Å². The Morgan fingerprint density at radius 3 is 2.88 bits per heavy atom. The maximum atomic E-state index is 11.9. The molecule has 0 saturated carbocycles. The van der Waals surface area contributed by atoms with Gasteiger partial charge in [-0.2, -0.15) is 5.10 Å². The van der Waals surface area contributed by atoms with Crippen molar-refractivity contribution in [3.8, 4) is 0 Å². The standard InChI is InChI=1S/C11H11BrN4O/c1-2-16-11(14-7-15-16)5-10(17)9-4-3-8(12)6-13-9/h3-4,6-7H,2,5H2,1H3. The van der Waals surface area contributed by atoms with Crippen molar-refractivity contribution in [1.29, 1.82) is 0 Å². The highest BCUT2D eigenvalue weighted by atomic mass is 79.9. The molecule has 0 atom stereocenters. The first kappa shape index (κ1) is 11.9. The van der Waals surface area contributed by atoms with Crippen molar-refractivity contribution in [2.45, 2.75) is 19.9 Å². The highest BCUT2D eigenvalue weighted by Crippen LogP contribution is 2.09. The Morgan fingerprint density at radius 2 is 2.24 bits per heavy atom. The molecule has 0 aliphatic heterocycles. The summed E-state index contributed by atoms with van der Waals surface area (Å²) in [5.74, 6) is 0.613. The molecule has 0 aliphatic carbocycles. The maximum Gasteiger partial charge on any atom is 0.188 e. The van der Waals surface area contributed by atoms with Crippen LogP contribution in [-0.4, -0.2) is 25.5 Å². The van der Waals surface area contributed by atoms with Crippen LogP contribution in [0.15, 0.2) is 29.1 Å². The summed E-state index contributed by atoms with van der Waals surface area (Å²) in [6.45, 7) is 2.66. The fourth-order valence-corrected chi connectivity index (χ4v) is 1.70. The molecule has 0 unspecified atom stereocenters. The molecule has 2 aromatic heterocycles. The second-order valence-corrected chi connectivity index (χ2v) is 4.37. The largest absolute Gasteiger partial charge is 0.292 e. The van der Waals surface area contributed by atoms with Gasteiger partial charge in [0.05, 0.1) is 6.42 Å². The van der Waals surface area contributed by atoms with Crippen LogP contribution in [-0.2, 0) is 13.0 Å². The summed E-state index contributed by atoms with van der Waals surface area (Å²) in [6, 6.07) is 3.49. The zero-order valence-electron chi connectivity index (χ0n) is 9.30. The van der Waals surface area contributed by atoms with Crippen LogP contribution in [0.1, 0.15) is 23.2 Å². The van der Waals surface area contributed by atoms with E-state index < -0.39 is 0 Å². The Kier molecular flexibility index (Phi) is 3.63. The van der Waals surface area contributed by atoms with Crippen LogP contribution in [0.3, 0.4) is 0 Å². The number of aryl methyl sites for hydroxylation is 1. The van der Waals surface area contributed by atoms with E-state index in [0.29, 0.717) is 18.1 Å². The van der Waals surface area contributed by atoms with Gasteiger partial charge >= 0.3 is 0 Å². The van der Waals surface area contributed by atoms with Gasteiger partial charge in [-0.3, -0.25) is 9.78 Å². The summed E-state index contributed by atoms with van der Waals surface area (Å²) in [5, 5.41) is 4.02. The molecule has 2 heterocycles. The van der Waals surface area contributed by atoms with Gasteiger partial charge in [0, 0.05) is 17.2 Å². The van der Waals surface area contributed by atoms with Crippen molar-refractivity contribution in [2.75, 3.05) is 0 Å². The quantitative estimate of drug-likeness (QED) is 0.808. The van der Waals surface area contributed by atoms with Crippen molar-refractivity contribution >= 4 is 21.7 Å². The third-order valence-corrected chi connectivity index (χ3v) is 2.80. The number of hydrogen-bond acceptors (Lipinski definition) is 4. The lowest BCUT2D eigenvalue weighted by atomic mass is 10.2. The molecule has 0 spiro atoms. The first-order valence-electron chi connectivity index (χ1n) is 5.22. The molecule has 2 aromatic rings. The summed E-state index contributed by atoms with van der Waals surface area (Å²) in [5.41, 5.74) is 0.443. The van der Waals surface area contributed by atoms with E-state index in [1.165, 1.54) is 6.33 Å². The van der Waals surface area contributed by atoms with Gasteiger partial charge in [-0.15, -0.1) is 0 Å². The molecule has 0 N–H and O–H groups in total. The average Bonchev–Trinajstić information content (AvgIpc) is 2.77. The number of carbonyl (C=O) groups excluding carboxylic acids is 1. The molecule has 2 rings (SSSR count). The van der Waals surface area contributed by atoms with E-state index in [9.17, 15) is 4.79 Å². The average molecular weight is 295 g/mol. The fourth-order valence-electron chi connectivity index (χ4n) is 1.46. The molecule has 88 valence electrons. The van der Waals surface area contributed by atoms with E-state index in [4.69, 9.17) is 0 Å². The summed E-state index contributed by atoms with van der Waals surface area (Å²) in [7, 11) is 0. The van der Waals surface area contributed by atoms with Crippen molar-refractivity contribution in [2.24, 2.45) is 0 Å². The second kappa shape index (κ2) is 5.18. The summed E-state index contributed by atoms with van der Waals surface area (Å²) in [6.07, 6.45) is 3.29. The fraction of sp³-hybridized carbons (Fsp3) is 0.273. The van der Waals surface area contributed by atoms with Gasteiger partial charge in [0.25, 0.3) is 0 Å². The predicted molar refractivity (Wildman–Crippen MR) is 65.7 cm³/mol. The van der Waals surface area contributed by atoms with Crippen molar-refractivity contribution in [3.63, 3.8) is 0 Å². The van der Waals surface area contributed by atoms with Crippen LogP contribution in [0.4, 0.5) is 0 Å². The Labute approximate surface area is 107 Å². The van der Waals surface area contributed by atoms with Crippen LogP contribution >= 0.6 is 15.9 Å². The lowest BCUT2D eigenvalue weighted by Crippen LogP contribution is -2.11. The van der Waals surface area contributed by atoms with E-state index in [1.807, 2.05) is 6.92 Å². The number of rotatable bonds is 4. The van der Waals surface area contributed by atoms with Crippen molar-refractivity contribution in [3.05, 3.63) is 40.6 Å². The SMILES string of the molecule is CCn1ncnc1CC(=O)c1ccc(Br)cn1. The van der Waals surface area contributed by atoms with Crippen LogP contribution in [0, 0.1) is 0 Å². The number of ketones is 1. The number of pyridine rings is 1. The number of carbonyl (C=O) groups is 1. The second-order valence-electron chi connectivity index (χ2n) is 3.45. The first-order valence-corrected chi connectivity index (χ1v) is 6.01. The molecule has 0 aliphatic rings. The molecule has 5 nitrogen and oxygen atoms in total. The monoisotopic (exact) mass is 294 g/mol. The Morgan fingerprint density at radius 1 is 1.41 bits per heavy atom. The molecule has 0 bridgehead atoms. The van der Waals surface area contributed by atoms with Crippen molar-refractivity contribution in [1.82, 2.24) is 19.7 Å². The van der Waals surface area contributed by atoms with Crippen LogP contribution in [0.2, 0.25) is 0 Å². The molecule has 0 radical (unpaired) electrons. The maximum absolute atomic E-state index is 11.9. The minimum absolute atomic E-state index is 0.0554. The zero-order chi connectivity index (χ0) is 12.3. The normalized spacial score (nSPS) is 10.5. The number of hydrogen-bond donors (Lipinski definition) is 0. The number of aromatic nitrogens is 4. The van der Waals surface area contributed by atoms with Gasteiger partial charge in [0.15, 0.2) is 5.78 Å². The highest BCUT2D eigenvalue weighted by molar-refractivity contribution is 9.10. The van der Waals surface area contributed by atoms with Gasteiger partial charge in [-0.05, 0) is 35.0 Å². The molecule has 17 heavy (non-hydrogen) atoms. The Balaban J connectivity index is 2.14. The van der Waals surface area contributed by atoms with E-state index in [-0.39, 0.29) is 12.2 Å². The molecular weight excluding hydrogens is 284 g/mol. The van der Waals surface area contributed by atoms with Gasteiger partial charge in [-0.1, -0.05) is 0 Å². The summed E-state index contributed by atoms with van der Waals surface area (Å²) < 4.78 is 2.56. The third-order valence-electron chi connectivity index (χ3n) is 2.33. The molecule has 0 amide bonds.